The van der Waals surface area contributed by atoms with Gasteiger partial charge in [0.05, 0.1) is 23.2 Å². The van der Waals surface area contributed by atoms with Crippen molar-refractivity contribution in [3.05, 3.63) is 65.2 Å². The first-order chi connectivity index (χ1) is 15.0. The van der Waals surface area contributed by atoms with Gasteiger partial charge in [0.15, 0.2) is 5.78 Å². The highest BCUT2D eigenvalue weighted by Gasteiger charge is 2.70. The van der Waals surface area contributed by atoms with Crippen molar-refractivity contribution in [3.63, 3.8) is 0 Å². The van der Waals surface area contributed by atoms with Crippen LogP contribution in [0.15, 0.2) is 53.7 Å². The van der Waals surface area contributed by atoms with Crippen LogP contribution in [0.4, 0.5) is 5.69 Å². The predicted molar refractivity (Wildman–Crippen MR) is 114 cm³/mol. The van der Waals surface area contributed by atoms with E-state index in [0.717, 1.165) is 17.7 Å². The van der Waals surface area contributed by atoms with Crippen LogP contribution < -0.4 is 4.90 Å². The summed E-state index contributed by atoms with van der Waals surface area (Å²) in [5, 5.41) is 4.39. The molecule has 3 fully saturated rings. The number of oxime groups is 1. The van der Waals surface area contributed by atoms with Gasteiger partial charge in [-0.05, 0) is 56.0 Å². The summed E-state index contributed by atoms with van der Waals surface area (Å²) in [7, 11) is 0. The molecule has 6 rings (SSSR count). The highest BCUT2D eigenvalue weighted by Crippen LogP contribution is 2.62. The molecule has 2 saturated carbocycles. The molecule has 0 aromatic heterocycles. The molecule has 0 spiro atoms. The second-order valence-electron chi connectivity index (χ2n) is 9.17. The Labute approximate surface area is 179 Å². The van der Waals surface area contributed by atoms with Crippen LogP contribution in [-0.4, -0.2) is 29.4 Å². The minimum Gasteiger partial charge on any atom is -0.391 e. The minimum absolute atomic E-state index is 0.00430. The summed E-state index contributed by atoms with van der Waals surface area (Å²) >= 11 is 0. The molecular formula is C25H22N2O4. The molecule has 2 aromatic carbocycles. The maximum atomic E-state index is 13.4. The molecule has 0 N–H and O–H groups in total. The summed E-state index contributed by atoms with van der Waals surface area (Å²) in [6.45, 7) is 3.54. The number of fused-ring (bicyclic) bond motifs is 8. The lowest BCUT2D eigenvalue weighted by Crippen LogP contribution is -2.41. The van der Waals surface area contributed by atoms with E-state index >= 15 is 0 Å². The third-order valence-electron chi connectivity index (χ3n) is 7.57. The third-order valence-corrected chi connectivity index (χ3v) is 7.57. The molecule has 0 unspecified atom stereocenters. The summed E-state index contributed by atoms with van der Waals surface area (Å²) in [4.78, 5) is 45.5. The molecule has 4 aliphatic rings. The van der Waals surface area contributed by atoms with Crippen LogP contribution in [0, 0.1) is 36.5 Å². The number of imide groups is 1. The van der Waals surface area contributed by atoms with Gasteiger partial charge in [0.2, 0.25) is 11.8 Å². The average Bonchev–Trinajstić information content (AvgIpc) is 3.49. The van der Waals surface area contributed by atoms with Gasteiger partial charge in [-0.25, -0.2) is 0 Å². The van der Waals surface area contributed by atoms with Crippen molar-refractivity contribution in [2.24, 2.45) is 34.7 Å². The third kappa shape index (κ3) is 2.44. The summed E-state index contributed by atoms with van der Waals surface area (Å²) in [5.41, 5.74) is 4.20. The Morgan fingerprint density at radius 2 is 1.58 bits per heavy atom. The first kappa shape index (κ1) is 18.5. The second-order valence-corrected chi connectivity index (χ2v) is 9.17. The van der Waals surface area contributed by atoms with Crippen LogP contribution in [0.2, 0.25) is 0 Å². The van der Waals surface area contributed by atoms with Crippen molar-refractivity contribution in [2.45, 2.75) is 26.4 Å². The fourth-order valence-corrected chi connectivity index (χ4v) is 6.19. The lowest BCUT2D eigenvalue weighted by atomic mass is 9.71. The van der Waals surface area contributed by atoms with Gasteiger partial charge >= 0.3 is 0 Å². The fourth-order valence-electron chi connectivity index (χ4n) is 6.19. The van der Waals surface area contributed by atoms with E-state index in [0.29, 0.717) is 11.3 Å². The van der Waals surface area contributed by atoms with Gasteiger partial charge in [0.25, 0.3) is 0 Å². The van der Waals surface area contributed by atoms with Crippen LogP contribution >= 0.6 is 0 Å². The largest absolute Gasteiger partial charge is 0.391 e. The minimum atomic E-state index is -0.348. The van der Waals surface area contributed by atoms with Gasteiger partial charge in [0, 0.05) is 17.4 Å². The average molecular weight is 414 g/mol. The number of nitrogens with zero attached hydrogens (tertiary/aromatic N) is 2. The van der Waals surface area contributed by atoms with Gasteiger partial charge < -0.3 is 4.84 Å². The smallest absolute Gasteiger partial charge is 0.238 e. The Hall–Kier alpha value is -3.28. The molecule has 2 aliphatic heterocycles. The molecule has 1 saturated heterocycles. The molecule has 2 aromatic rings. The number of rotatable bonds is 3. The highest BCUT2D eigenvalue weighted by molar-refractivity contribution is 6.23. The van der Waals surface area contributed by atoms with E-state index in [1.807, 2.05) is 19.1 Å². The molecule has 2 bridgehead atoms. The van der Waals surface area contributed by atoms with Crippen LogP contribution in [-0.2, 0) is 14.4 Å². The van der Waals surface area contributed by atoms with Crippen LogP contribution in [0.3, 0.4) is 0 Å². The molecular weight excluding hydrogens is 392 g/mol. The molecule has 2 amide bonds. The van der Waals surface area contributed by atoms with Gasteiger partial charge in [-0.2, -0.15) is 0 Å². The number of Topliss-reactive ketones (excluding diaryl/α,β-unsaturated/α-hetero) is 1. The van der Waals surface area contributed by atoms with E-state index in [1.165, 1.54) is 17.4 Å². The summed E-state index contributed by atoms with van der Waals surface area (Å²) in [6.07, 6.45) is 0.684. The highest BCUT2D eigenvalue weighted by atomic mass is 16.6. The SMILES string of the molecule is CC(=O)c1ccc(N2C(=O)[C@@H]3[C@H]4C[C@@H]([C@@H]5C(c6ccc(C)cc6)=NO[C@H]45)[C@@H]3C2=O)cc1. The molecule has 31 heavy (non-hydrogen) atoms. The normalized spacial score (nSPS) is 32.7. The first-order valence-corrected chi connectivity index (χ1v) is 10.8. The Morgan fingerprint density at radius 3 is 2.23 bits per heavy atom. The number of amides is 2. The van der Waals surface area contributed by atoms with Crippen LogP contribution in [0.1, 0.15) is 34.8 Å². The number of anilines is 1. The van der Waals surface area contributed by atoms with Gasteiger partial charge in [0.1, 0.15) is 6.10 Å². The van der Waals surface area contributed by atoms with E-state index in [9.17, 15) is 14.4 Å². The van der Waals surface area contributed by atoms with Crippen molar-refractivity contribution >= 4 is 29.0 Å². The Kier molecular flexibility index (Phi) is 3.79. The summed E-state index contributed by atoms with van der Waals surface area (Å²) < 4.78 is 0. The Balaban J connectivity index is 1.32. The molecule has 6 heteroatoms. The number of hydrogen-bond acceptors (Lipinski definition) is 5. The van der Waals surface area contributed by atoms with Gasteiger partial charge in [-0.1, -0.05) is 35.0 Å². The number of benzene rings is 2. The number of aryl methyl sites for hydroxylation is 1. The van der Waals surface area contributed by atoms with Crippen molar-refractivity contribution in [3.8, 4) is 0 Å². The molecule has 6 nitrogen and oxygen atoms in total. The molecule has 2 heterocycles. The van der Waals surface area contributed by atoms with Gasteiger partial charge in [-0.15, -0.1) is 0 Å². The zero-order valence-electron chi connectivity index (χ0n) is 17.3. The molecule has 2 aliphatic carbocycles. The molecule has 0 radical (unpaired) electrons. The van der Waals surface area contributed by atoms with E-state index in [-0.39, 0.29) is 53.3 Å². The lowest BCUT2D eigenvalue weighted by molar-refractivity contribution is -0.125. The standard InChI is InChI=1S/C25H22N2O4/c1-12-3-5-15(6-4-12)22-21-17-11-18(23(21)31-26-22)20-19(17)24(29)27(25(20)30)16-9-7-14(8-10-16)13(2)28/h3-10,17-21,23H,11H2,1-2H3/t17-,18-,19+,20-,21-,23-/m1/s1. The summed E-state index contributed by atoms with van der Waals surface area (Å²) in [5.74, 6) is -0.901. The number of ketones is 1. The Morgan fingerprint density at radius 1 is 0.935 bits per heavy atom. The van der Waals surface area contributed by atoms with Crippen LogP contribution in [0.25, 0.3) is 0 Å². The fraction of sp³-hybridized carbons (Fsp3) is 0.360. The Bertz CT molecular complexity index is 1150. The summed E-state index contributed by atoms with van der Waals surface area (Å²) in [6, 6.07) is 14.9. The maximum absolute atomic E-state index is 13.4. The van der Waals surface area contributed by atoms with Crippen LogP contribution in [0.5, 0.6) is 0 Å². The topological polar surface area (TPSA) is 76.0 Å². The lowest BCUT2D eigenvalue weighted by Gasteiger charge is -2.29. The number of carbonyl (C=O) groups excluding carboxylic acids is 3. The van der Waals surface area contributed by atoms with Gasteiger partial charge in [-0.3, -0.25) is 19.3 Å². The van der Waals surface area contributed by atoms with Crippen molar-refractivity contribution in [1.82, 2.24) is 0 Å². The van der Waals surface area contributed by atoms with E-state index in [4.69, 9.17) is 4.84 Å². The van der Waals surface area contributed by atoms with Crippen molar-refractivity contribution < 1.29 is 19.2 Å². The van der Waals surface area contributed by atoms with E-state index < -0.39 is 0 Å². The van der Waals surface area contributed by atoms with E-state index in [2.05, 4.69) is 17.3 Å². The van der Waals surface area contributed by atoms with Crippen molar-refractivity contribution in [1.29, 1.82) is 0 Å². The van der Waals surface area contributed by atoms with Crippen molar-refractivity contribution in [2.75, 3.05) is 4.90 Å². The number of carbonyl (C=O) groups is 3. The first-order valence-electron chi connectivity index (χ1n) is 10.8. The monoisotopic (exact) mass is 414 g/mol. The predicted octanol–water partition coefficient (Wildman–Crippen LogP) is 3.37. The van der Waals surface area contributed by atoms with E-state index in [1.54, 1.807) is 24.3 Å². The maximum Gasteiger partial charge on any atom is 0.238 e. The molecule has 6 atom stereocenters. The second kappa shape index (κ2) is 6.36. The zero-order valence-corrected chi connectivity index (χ0v) is 17.3. The quantitative estimate of drug-likeness (QED) is 0.570. The number of hydrogen-bond donors (Lipinski definition) is 0. The molecule has 156 valence electrons. The zero-order chi connectivity index (χ0) is 21.4.